The Morgan fingerprint density at radius 2 is 2.06 bits per heavy atom. The van der Waals surface area contributed by atoms with Crippen LogP contribution in [-0.2, 0) is 0 Å². The van der Waals surface area contributed by atoms with Crippen LogP contribution in [0, 0.1) is 0 Å². The van der Waals surface area contributed by atoms with E-state index in [4.69, 9.17) is 11.6 Å². The summed E-state index contributed by atoms with van der Waals surface area (Å²) in [4.78, 5) is 13.8. The summed E-state index contributed by atoms with van der Waals surface area (Å²) in [5.74, 6) is 0.0179. The Balaban J connectivity index is 2.68. The number of amides is 1. The lowest BCUT2D eigenvalue weighted by atomic mass is 10.2. The van der Waals surface area contributed by atoms with Gasteiger partial charge < -0.3 is 4.90 Å². The second kappa shape index (κ2) is 7.02. The minimum atomic E-state index is 0.0179. The van der Waals surface area contributed by atoms with Crippen molar-refractivity contribution in [3.63, 3.8) is 0 Å². The highest BCUT2D eigenvalue weighted by Gasteiger charge is 2.12. The van der Waals surface area contributed by atoms with E-state index in [0.29, 0.717) is 10.6 Å². The first-order chi connectivity index (χ1) is 8.04. The monoisotopic (exact) mass is 317 g/mol. The fraction of sp³-hybridized carbons (Fsp3) is 0.462. The van der Waals surface area contributed by atoms with Gasteiger partial charge in [0.25, 0.3) is 5.91 Å². The van der Waals surface area contributed by atoms with Crippen molar-refractivity contribution < 1.29 is 4.79 Å². The Labute approximate surface area is 116 Å². The summed E-state index contributed by atoms with van der Waals surface area (Å²) in [6.07, 6.45) is 3.35. The minimum absolute atomic E-state index is 0.0179. The molecule has 1 rings (SSSR count). The van der Waals surface area contributed by atoms with E-state index in [1.165, 1.54) is 0 Å². The van der Waals surface area contributed by atoms with Gasteiger partial charge in [-0.3, -0.25) is 4.79 Å². The van der Waals surface area contributed by atoms with Crippen LogP contribution in [0.25, 0.3) is 0 Å². The fourth-order valence-corrected chi connectivity index (χ4v) is 2.46. The number of halogens is 2. The quantitative estimate of drug-likeness (QED) is 0.738. The first-order valence-electron chi connectivity index (χ1n) is 5.76. The van der Waals surface area contributed by atoms with Crippen molar-refractivity contribution in [2.24, 2.45) is 0 Å². The third-order valence-electron chi connectivity index (χ3n) is 2.55. The average Bonchev–Trinajstić information content (AvgIpc) is 2.27. The molecule has 0 aliphatic carbocycles. The van der Waals surface area contributed by atoms with Crippen molar-refractivity contribution >= 4 is 33.4 Å². The average molecular weight is 319 g/mol. The van der Waals surface area contributed by atoms with Gasteiger partial charge in [0, 0.05) is 28.7 Å². The summed E-state index contributed by atoms with van der Waals surface area (Å²) in [7, 11) is 1.83. The van der Waals surface area contributed by atoms with Gasteiger partial charge in [-0.25, -0.2) is 0 Å². The predicted octanol–water partition coefficient (Wildman–Crippen LogP) is 4.36. The lowest BCUT2D eigenvalue weighted by molar-refractivity contribution is 0.0792. The molecule has 1 aromatic rings. The molecule has 0 radical (unpaired) electrons. The summed E-state index contributed by atoms with van der Waals surface area (Å²) in [5, 5.41) is 0.574. The summed E-state index contributed by atoms with van der Waals surface area (Å²) < 4.78 is 0.829. The Hall–Kier alpha value is -0.540. The number of carbonyl (C=O) groups is 1. The molecule has 94 valence electrons. The van der Waals surface area contributed by atoms with Gasteiger partial charge in [-0.2, -0.15) is 0 Å². The predicted molar refractivity (Wildman–Crippen MR) is 75.6 cm³/mol. The number of hydrogen-bond donors (Lipinski definition) is 0. The highest BCUT2D eigenvalue weighted by Crippen LogP contribution is 2.20. The zero-order valence-corrected chi connectivity index (χ0v) is 12.5. The Morgan fingerprint density at radius 3 is 2.65 bits per heavy atom. The first kappa shape index (κ1) is 14.5. The summed E-state index contributed by atoms with van der Waals surface area (Å²) >= 11 is 9.26. The second-order valence-corrected chi connectivity index (χ2v) is 5.44. The van der Waals surface area contributed by atoms with Crippen LogP contribution < -0.4 is 0 Å². The molecule has 0 aliphatic rings. The number of unbranched alkanes of at least 4 members (excludes halogenated alkanes) is 2. The normalized spacial score (nSPS) is 10.4. The van der Waals surface area contributed by atoms with E-state index >= 15 is 0 Å². The van der Waals surface area contributed by atoms with E-state index in [1.807, 2.05) is 7.05 Å². The van der Waals surface area contributed by atoms with Gasteiger partial charge in [0.1, 0.15) is 0 Å². The highest BCUT2D eigenvalue weighted by atomic mass is 79.9. The number of benzene rings is 1. The van der Waals surface area contributed by atoms with Crippen LogP contribution in [0.2, 0.25) is 5.02 Å². The first-order valence-corrected chi connectivity index (χ1v) is 6.93. The standard InChI is InChI=1S/C13H17BrClNO/c1-3-4-5-6-16(2)13(17)10-7-11(14)9-12(15)8-10/h7-9H,3-6H2,1-2H3. The third kappa shape index (κ3) is 4.68. The summed E-state index contributed by atoms with van der Waals surface area (Å²) in [6, 6.07) is 5.27. The van der Waals surface area contributed by atoms with Crippen molar-refractivity contribution in [2.75, 3.05) is 13.6 Å². The van der Waals surface area contributed by atoms with Gasteiger partial charge in [0.2, 0.25) is 0 Å². The lowest BCUT2D eigenvalue weighted by Gasteiger charge is -2.17. The largest absolute Gasteiger partial charge is 0.342 e. The second-order valence-electron chi connectivity index (χ2n) is 4.09. The Morgan fingerprint density at radius 1 is 1.35 bits per heavy atom. The van der Waals surface area contributed by atoms with Crippen molar-refractivity contribution in [1.29, 1.82) is 0 Å². The van der Waals surface area contributed by atoms with Gasteiger partial charge in [-0.1, -0.05) is 47.3 Å². The highest BCUT2D eigenvalue weighted by molar-refractivity contribution is 9.10. The van der Waals surface area contributed by atoms with Gasteiger partial charge in [-0.15, -0.1) is 0 Å². The molecule has 0 saturated carbocycles. The smallest absolute Gasteiger partial charge is 0.253 e. The van der Waals surface area contributed by atoms with E-state index < -0.39 is 0 Å². The molecular formula is C13H17BrClNO. The van der Waals surface area contributed by atoms with Crippen molar-refractivity contribution in [3.8, 4) is 0 Å². The molecule has 0 spiro atoms. The van der Waals surface area contributed by atoms with E-state index in [9.17, 15) is 4.79 Å². The number of rotatable bonds is 5. The molecule has 0 saturated heterocycles. The molecule has 0 N–H and O–H groups in total. The van der Waals surface area contributed by atoms with Gasteiger partial charge in [0.15, 0.2) is 0 Å². The fourth-order valence-electron chi connectivity index (χ4n) is 1.60. The minimum Gasteiger partial charge on any atom is -0.342 e. The van der Waals surface area contributed by atoms with Crippen LogP contribution in [0.3, 0.4) is 0 Å². The van der Waals surface area contributed by atoms with Crippen molar-refractivity contribution in [3.05, 3.63) is 33.3 Å². The van der Waals surface area contributed by atoms with Crippen molar-refractivity contribution in [2.45, 2.75) is 26.2 Å². The molecule has 17 heavy (non-hydrogen) atoms. The number of hydrogen-bond acceptors (Lipinski definition) is 1. The van der Waals surface area contributed by atoms with E-state index in [0.717, 1.165) is 30.3 Å². The van der Waals surface area contributed by atoms with Gasteiger partial charge in [0.05, 0.1) is 0 Å². The Kier molecular flexibility index (Phi) is 6.00. The topological polar surface area (TPSA) is 20.3 Å². The SMILES string of the molecule is CCCCCN(C)C(=O)c1cc(Cl)cc(Br)c1. The van der Waals surface area contributed by atoms with E-state index in [-0.39, 0.29) is 5.91 Å². The van der Waals surface area contributed by atoms with Crippen LogP contribution in [0.4, 0.5) is 0 Å². The molecule has 1 amide bonds. The van der Waals surface area contributed by atoms with Crippen molar-refractivity contribution in [1.82, 2.24) is 4.90 Å². The summed E-state index contributed by atoms with van der Waals surface area (Å²) in [6.45, 7) is 2.94. The molecule has 0 aromatic heterocycles. The molecule has 0 aliphatic heterocycles. The van der Waals surface area contributed by atoms with Crippen LogP contribution in [0.1, 0.15) is 36.5 Å². The zero-order chi connectivity index (χ0) is 12.8. The van der Waals surface area contributed by atoms with E-state index in [2.05, 4.69) is 22.9 Å². The molecular weight excluding hydrogens is 302 g/mol. The van der Waals surface area contributed by atoms with Gasteiger partial charge >= 0.3 is 0 Å². The molecule has 1 aromatic carbocycles. The van der Waals surface area contributed by atoms with Crippen LogP contribution in [0.15, 0.2) is 22.7 Å². The summed E-state index contributed by atoms with van der Waals surface area (Å²) in [5.41, 5.74) is 0.628. The van der Waals surface area contributed by atoms with E-state index in [1.54, 1.807) is 23.1 Å². The molecule has 0 unspecified atom stereocenters. The molecule has 0 fully saturated rings. The molecule has 0 atom stereocenters. The Bertz CT molecular complexity index is 375. The maximum atomic E-state index is 12.1. The van der Waals surface area contributed by atoms with Gasteiger partial charge in [-0.05, 0) is 24.6 Å². The number of nitrogens with zero attached hydrogens (tertiary/aromatic N) is 1. The molecule has 0 bridgehead atoms. The van der Waals surface area contributed by atoms with Crippen LogP contribution in [-0.4, -0.2) is 24.4 Å². The zero-order valence-electron chi connectivity index (χ0n) is 10.2. The molecule has 0 heterocycles. The maximum Gasteiger partial charge on any atom is 0.253 e. The molecule has 2 nitrogen and oxygen atoms in total. The van der Waals surface area contributed by atoms with Crippen LogP contribution >= 0.6 is 27.5 Å². The third-order valence-corrected chi connectivity index (χ3v) is 3.23. The van der Waals surface area contributed by atoms with Crippen LogP contribution in [0.5, 0.6) is 0 Å². The number of carbonyl (C=O) groups excluding carboxylic acids is 1. The maximum absolute atomic E-state index is 12.1. The molecule has 4 heteroatoms. The lowest BCUT2D eigenvalue weighted by Crippen LogP contribution is -2.27.